The van der Waals surface area contributed by atoms with Crippen molar-refractivity contribution in [3.63, 3.8) is 0 Å². The van der Waals surface area contributed by atoms with Gasteiger partial charge in [-0.25, -0.2) is 35.1 Å². The zero-order valence-corrected chi connectivity index (χ0v) is 23.4. The van der Waals surface area contributed by atoms with E-state index in [9.17, 15) is 35.1 Å². The van der Waals surface area contributed by atoms with Crippen molar-refractivity contribution in [2.45, 2.75) is 91.9 Å². The van der Waals surface area contributed by atoms with Crippen molar-refractivity contribution in [2.75, 3.05) is 11.5 Å². The Bertz CT molecular complexity index is 1100. The maximum absolute atomic E-state index is 13.6. The van der Waals surface area contributed by atoms with Gasteiger partial charge in [-0.15, -0.1) is 0 Å². The summed E-state index contributed by atoms with van der Waals surface area (Å²) in [5.41, 5.74) is 6.20. The highest BCUT2D eigenvalue weighted by Crippen LogP contribution is 2.29. The molecule has 2 atom stereocenters. The highest BCUT2D eigenvalue weighted by molar-refractivity contribution is 5.50. The molecular formula is C30H38F8N2. The number of nitrogen functional groups attached to an aromatic ring is 2. The van der Waals surface area contributed by atoms with Gasteiger partial charge >= 0.3 is 0 Å². The molecule has 0 amide bonds. The van der Waals surface area contributed by atoms with Crippen molar-refractivity contribution in [2.24, 2.45) is 11.8 Å². The van der Waals surface area contributed by atoms with Gasteiger partial charge in [0.1, 0.15) is 16.9 Å². The van der Waals surface area contributed by atoms with Crippen molar-refractivity contribution in [1.82, 2.24) is 0 Å². The molecule has 0 saturated carbocycles. The van der Waals surface area contributed by atoms with E-state index in [1.165, 1.54) is 0 Å². The number of hydrogen-bond donors (Lipinski definition) is 2. The predicted molar refractivity (Wildman–Crippen MR) is 143 cm³/mol. The van der Waals surface area contributed by atoms with Crippen molar-refractivity contribution < 1.29 is 35.1 Å². The molecule has 0 aliphatic heterocycles. The molecule has 0 heterocycles. The first-order chi connectivity index (χ1) is 18.9. The Morgan fingerprint density at radius 2 is 1.02 bits per heavy atom. The SMILES string of the molecule is CCCCC(C#Cc1c(F)c(F)c(N)c(F)c1F)CC.CCCCC(CC)CCc1c(F)c(F)c(N)c(F)c1F. The number of benzene rings is 2. The van der Waals surface area contributed by atoms with Crippen molar-refractivity contribution in [1.29, 1.82) is 0 Å². The van der Waals surface area contributed by atoms with Gasteiger partial charge in [-0.3, -0.25) is 0 Å². The normalized spacial score (nSPS) is 12.3. The van der Waals surface area contributed by atoms with E-state index in [4.69, 9.17) is 11.5 Å². The molecule has 0 bridgehead atoms. The largest absolute Gasteiger partial charge is 0.394 e. The van der Waals surface area contributed by atoms with Crippen LogP contribution in [-0.4, -0.2) is 0 Å². The fourth-order valence-corrected chi connectivity index (χ4v) is 4.07. The van der Waals surface area contributed by atoms with E-state index in [1.54, 1.807) is 0 Å². The van der Waals surface area contributed by atoms with Gasteiger partial charge < -0.3 is 11.5 Å². The first-order valence-corrected chi connectivity index (χ1v) is 13.6. The van der Waals surface area contributed by atoms with Gasteiger partial charge in [-0.2, -0.15) is 0 Å². The molecule has 4 N–H and O–H groups in total. The molecule has 10 heteroatoms. The third kappa shape index (κ3) is 9.03. The van der Waals surface area contributed by atoms with Crippen LogP contribution in [0, 0.1) is 70.2 Å². The fourth-order valence-electron chi connectivity index (χ4n) is 4.07. The smallest absolute Gasteiger partial charge is 0.186 e. The Balaban J connectivity index is 0.000000400. The van der Waals surface area contributed by atoms with E-state index in [-0.39, 0.29) is 12.3 Å². The number of anilines is 2. The topological polar surface area (TPSA) is 52.0 Å². The fraction of sp³-hybridized carbons (Fsp3) is 0.533. The summed E-state index contributed by atoms with van der Waals surface area (Å²) in [6.45, 7) is 7.98. The van der Waals surface area contributed by atoms with Gasteiger partial charge in [0.2, 0.25) is 0 Å². The quantitative estimate of drug-likeness (QED) is 0.121. The Morgan fingerprint density at radius 3 is 1.45 bits per heavy atom. The zero-order valence-electron chi connectivity index (χ0n) is 23.4. The highest BCUT2D eigenvalue weighted by atomic mass is 19.2. The third-order valence-corrected chi connectivity index (χ3v) is 6.83. The minimum atomic E-state index is -1.60. The zero-order chi connectivity index (χ0) is 30.6. The predicted octanol–water partition coefficient (Wildman–Crippen LogP) is 9.37. The highest BCUT2D eigenvalue weighted by Gasteiger charge is 2.24. The van der Waals surface area contributed by atoms with Crippen LogP contribution in [0.5, 0.6) is 0 Å². The average molecular weight is 579 g/mol. The van der Waals surface area contributed by atoms with Crippen LogP contribution in [0.25, 0.3) is 0 Å². The van der Waals surface area contributed by atoms with E-state index in [0.717, 1.165) is 44.9 Å². The van der Waals surface area contributed by atoms with E-state index in [2.05, 4.69) is 18.8 Å². The third-order valence-electron chi connectivity index (χ3n) is 6.83. The van der Waals surface area contributed by atoms with E-state index in [0.29, 0.717) is 18.8 Å². The molecule has 0 saturated heterocycles. The molecule has 2 aromatic rings. The Hall–Kier alpha value is -2.96. The lowest BCUT2D eigenvalue weighted by molar-refractivity contribution is 0.401. The second-order valence-electron chi connectivity index (χ2n) is 9.66. The lowest BCUT2D eigenvalue weighted by Crippen LogP contribution is -2.10. The lowest BCUT2D eigenvalue weighted by Gasteiger charge is -2.15. The average Bonchev–Trinajstić information content (AvgIpc) is 2.96. The Labute approximate surface area is 231 Å². The minimum Gasteiger partial charge on any atom is -0.394 e. The number of halogens is 8. The maximum atomic E-state index is 13.6. The van der Waals surface area contributed by atoms with Crippen molar-refractivity contribution in [3.8, 4) is 11.8 Å². The summed E-state index contributed by atoms with van der Waals surface area (Å²) < 4.78 is 108. The molecule has 2 rings (SSSR count). The summed E-state index contributed by atoms with van der Waals surface area (Å²) in [5, 5.41) is 0. The molecule has 2 aromatic carbocycles. The number of hydrogen-bond acceptors (Lipinski definition) is 2. The minimum absolute atomic E-state index is 0.0198. The summed E-state index contributed by atoms with van der Waals surface area (Å²) in [4.78, 5) is 0. The van der Waals surface area contributed by atoms with Gasteiger partial charge in [0.05, 0.1) is 0 Å². The lowest BCUT2D eigenvalue weighted by atomic mass is 9.92. The molecule has 40 heavy (non-hydrogen) atoms. The van der Waals surface area contributed by atoms with Crippen LogP contribution >= 0.6 is 0 Å². The molecule has 0 aliphatic rings. The maximum Gasteiger partial charge on any atom is 0.186 e. The molecule has 0 aromatic heterocycles. The first kappa shape index (κ1) is 35.1. The van der Waals surface area contributed by atoms with Crippen LogP contribution < -0.4 is 11.5 Å². The van der Waals surface area contributed by atoms with Crippen LogP contribution in [0.3, 0.4) is 0 Å². The molecule has 2 nitrogen and oxygen atoms in total. The number of nitrogens with two attached hydrogens (primary N) is 2. The monoisotopic (exact) mass is 578 g/mol. The number of unbranched alkanes of at least 4 members (excludes halogenated alkanes) is 2. The summed E-state index contributed by atoms with van der Waals surface area (Å²) >= 11 is 0. The summed E-state index contributed by atoms with van der Waals surface area (Å²) in [6.07, 6.45) is 7.80. The van der Waals surface area contributed by atoms with Crippen LogP contribution in [-0.2, 0) is 6.42 Å². The van der Waals surface area contributed by atoms with Gasteiger partial charge in [-0.05, 0) is 31.6 Å². The van der Waals surface area contributed by atoms with E-state index >= 15 is 0 Å². The van der Waals surface area contributed by atoms with Gasteiger partial charge in [0.15, 0.2) is 46.5 Å². The molecule has 0 radical (unpaired) electrons. The molecule has 2 unspecified atom stereocenters. The van der Waals surface area contributed by atoms with Crippen LogP contribution in [0.1, 0.15) is 96.6 Å². The van der Waals surface area contributed by atoms with Crippen molar-refractivity contribution >= 4 is 11.4 Å². The summed E-state index contributed by atoms with van der Waals surface area (Å²) in [7, 11) is 0. The van der Waals surface area contributed by atoms with E-state index in [1.807, 2.05) is 20.8 Å². The summed E-state index contributed by atoms with van der Waals surface area (Å²) in [6, 6.07) is 0. The standard InChI is InChI=1S/C15H21F4N.C15H17F4N/c2*1-3-5-6-9(4-2)7-8-10-11(16)13(18)15(20)14(19)12(10)17/h9H,3-8,20H2,1-2H3;9H,3-6,20H2,1-2H3. The molecule has 0 aliphatic carbocycles. The van der Waals surface area contributed by atoms with Crippen molar-refractivity contribution in [3.05, 3.63) is 57.7 Å². The molecular weight excluding hydrogens is 540 g/mol. The molecule has 0 spiro atoms. The molecule has 0 fully saturated rings. The van der Waals surface area contributed by atoms with E-state index < -0.39 is 69.0 Å². The van der Waals surface area contributed by atoms with Gasteiger partial charge in [0, 0.05) is 11.5 Å². The number of rotatable bonds is 11. The van der Waals surface area contributed by atoms with Gasteiger partial charge in [0.25, 0.3) is 0 Å². The van der Waals surface area contributed by atoms with Crippen LogP contribution in [0.15, 0.2) is 0 Å². The second kappa shape index (κ2) is 17.0. The van der Waals surface area contributed by atoms with Crippen LogP contribution in [0.4, 0.5) is 46.5 Å². The Morgan fingerprint density at radius 1 is 0.575 bits per heavy atom. The Kier molecular flexibility index (Phi) is 14.9. The van der Waals surface area contributed by atoms with Crippen LogP contribution in [0.2, 0.25) is 0 Å². The summed E-state index contributed by atoms with van der Waals surface area (Å²) in [5.74, 6) is -6.89. The first-order valence-electron chi connectivity index (χ1n) is 13.6. The van der Waals surface area contributed by atoms with Gasteiger partial charge in [-0.1, -0.05) is 78.1 Å². The second-order valence-corrected chi connectivity index (χ2v) is 9.66. The molecule has 224 valence electrons.